The number of nitrogens with zero attached hydrogens (tertiary/aromatic N) is 3. The average Bonchev–Trinajstić information content (AvgIpc) is 3.44. The summed E-state index contributed by atoms with van der Waals surface area (Å²) in [7, 11) is 3.27. The Balaban J connectivity index is 1.58. The van der Waals surface area contributed by atoms with Gasteiger partial charge in [0.2, 0.25) is 0 Å². The molecule has 0 radical (unpaired) electrons. The standard InChI is InChI=1S/C26H21N5O3/c1-31-13-12-28-24(31)16-5-8-19(9-6-16)29-23(18-4-3-11-27-15-18)22-20-10-7-17(26(33)34-2)14-21(20)30-25(22)32/h3-15,29H,1-2H3,(H,30,32). The zero-order valence-electron chi connectivity index (χ0n) is 18.6. The molecule has 8 heteroatoms. The molecule has 168 valence electrons. The van der Waals surface area contributed by atoms with Gasteiger partial charge in [0.1, 0.15) is 5.82 Å². The van der Waals surface area contributed by atoms with Crippen LogP contribution >= 0.6 is 0 Å². The molecule has 1 aliphatic heterocycles. The highest BCUT2D eigenvalue weighted by atomic mass is 16.5. The lowest BCUT2D eigenvalue weighted by Gasteiger charge is -2.15. The third kappa shape index (κ3) is 3.81. The van der Waals surface area contributed by atoms with Crippen molar-refractivity contribution in [3.05, 3.63) is 96.1 Å². The van der Waals surface area contributed by atoms with Gasteiger partial charge in [-0.1, -0.05) is 6.07 Å². The highest BCUT2D eigenvalue weighted by Crippen LogP contribution is 2.38. The van der Waals surface area contributed by atoms with E-state index in [0.717, 1.165) is 22.6 Å². The summed E-state index contributed by atoms with van der Waals surface area (Å²) in [6, 6.07) is 16.5. The molecule has 8 nitrogen and oxygen atoms in total. The Kier molecular flexibility index (Phi) is 5.39. The van der Waals surface area contributed by atoms with Gasteiger partial charge >= 0.3 is 5.97 Å². The van der Waals surface area contributed by atoms with E-state index in [4.69, 9.17) is 4.74 Å². The molecule has 0 fully saturated rings. The number of carbonyl (C=O) groups excluding carboxylic acids is 2. The van der Waals surface area contributed by atoms with Crippen molar-refractivity contribution in [1.29, 1.82) is 0 Å². The van der Waals surface area contributed by atoms with E-state index in [-0.39, 0.29) is 5.91 Å². The van der Waals surface area contributed by atoms with Crippen LogP contribution in [0.3, 0.4) is 0 Å². The van der Waals surface area contributed by atoms with Crippen LogP contribution in [-0.4, -0.2) is 33.5 Å². The zero-order valence-corrected chi connectivity index (χ0v) is 18.6. The summed E-state index contributed by atoms with van der Waals surface area (Å²) in [5.41, 5.74) is 5.22. The molecule has 2 aromatic carbocycles. The molecule has 2 N–H and O–H groups in total. The van der Waals surface area contributed by atoms with E-state index < -0.39 is 5.97 Å². The molecule has 5 rings (SSSR count). The molecule has 1 amide bonds. The largest absolute Gasteiger partial charge is 0.465 e. The number of ether oxygens (including phenoxy) is 1. The molecule has 3 heterocycles. The number of pyridine rings is 1. The molecule has 0 saturated heterocycles. The van der Waals surface area contributed by atoms with Crippen LogP contribution in [0.25, 0.3) is 22.7 Å². The van der Waals surface area contributed by atoms with E-state index in [2.05, 4.69) is 20.6 Å². The number of aromatic nitrogens is 3. The Hall–Kier alpha value is -4.72. The third-order valence-corrected chi connectivity index (χ3v) is 5.62. The Bertz CT molecular complexity index is 1420. The summed E-state index contributed by atoms with van der Waals surface area (Å²) in [5, 5.41) is 6.26. The smallest absolute Gasteiger partial charge is 0.337 e. The molecular formula is C26H21N5O3. The maximum absolute atomic E-state index is 13.1. The van der Waals surface area contributed by atoms with Crippen LogP contribution in [0.1, 0.15) is 21.5 Å². The Morgan fingerprint density at radius 3 is 2.56 bits per heavy atom. The number of anilines is 2. The first-order valence-electron chi connectivity index (χ1n) is 10.6. The summed E-state index contributed by atoms with van der Waals surface area (Å²) in [6.07, 6.45) is 7.03. The second kappa shape index (κ2) is 8.67. The molecule has 1 aliphatic rings. The fourth-order valence-electron chi connectivity index (χ4n) is 3.95. The van der Waals surface area contributed by atoms with Crippen molar-refractivity contribution in [3.63, 3.8) is 0 Å². The Morgan fingerprint density at radius 2 is 1.88 bits per heavy atom. The van der Waals surface area contributed by atoms with Crippen LogP contribution in [0.15, 0.2) is 79.4 Å². The first-order chi connectivity index (χ1) is 16.5. The predicted octanol–water partition coefficient (Wildman–Crippen LogP) is 4.20. The number of amides is 1. The highest BCUT2D eigenvalue weighted by Gasteiger charge is 2.29. The van der Waals surface area contributed by atoms with Crippen LogP contribution in [0, 0.1) is 0 Å². The molecule has 0 unspecified atom stereocenters. The summed E-state index contributed by atoms with van der Waals surface area (Å²) in [6.45, 7) is 0. The normalized spacial score (nSPS) is 13.8. The number of hydrogen-bond donors (Lipinski definition) is 2. The first-order valence-corrected chi connectivity index (χ1v) is 10.6. The second-order valence-electron chi connectivity index (χ2n) is 7.76. The minimum atomic E-state index is -0.465. The van der Waals surface area contributed by atoms with Gasteiger partial charge in [0.05, 0.1) is 29.6 Å². The number of carbonyl (C=O) groups is 2. The number of methoxy groups -OCH3 is 1. The fraction of sp³-hybridized carbons (Fsp3) is 0.0769. The van der Waals surface area contributed by atoms with Crippen LogP contribution in [0.2, 0.25) is 0 Å². The summed E-state index contributed by atoms with van der Waals surface area (Å²) in [4.78, 5) is 33.6. The second-order valence-corrected chi connectivity index (χ2v) is 7.76. The van der Waals surface area contributed by atoms with E-state index >= 15 is 0 Å². The SMILES string of the molecule is COC(=O)c1ccc2c(c1)NC(=O)C2=C(Nc1ccc(-c2nccn2C)cc1)c1cccnc1. The summed E-state index contributed by atoms with van der Waals surface area (Å²) >= 11 is 0. The number of esters is 1. The van der Waals surface area contributed by atoms with Gasteiger partial charge in [-0.25, -0.2) is 9.78 Å². The Morgan fingerprint density at radius 1 is 1.06 bits per heavy atom. The van der Waals surface area contributed by atoms with Crippen molar-refractivity contribution in [2.24, 2.45) is 7.05 Å². The molecule has 34 heavy (non-hydrogen) atoms. The number of benzene rings is 2. The molecule has 0 atom stereocenters. The molecule has 0 bridgehead atoms. The lowest BCUT2D eigenvalue weighted by Crippen LogP contribution is -2.10. The van der Waals surface area contributed by atoms with Crippen LogP contribution in [0.5, 0.6) is 0 Å². The van der Waals surface area contributed by atoms with Crippen LogP contribution < -0.4 is 10.6 Å². The predicted molar refractivity (Wildman–Crippen MR) is 130 cm³/mol. The van der Waals surface area contributed by atoms with Crippen molar-refractivity contribution < 1.29 is 14.3 Å². The minimum Gasteiger partial charge on any atom is -0.465 e. The molecule has 4 aromatic rings. The van der Waals surface area contributed by atoms with E-state index in [0.29, 0.717) is 28.1 Å². The van der Waals surface area contributed by atoms with E-state index in [1.165, 1.54) is 7.11 Å². The van der Waals surface area contributed by atoms with Gasteiger partial charge in [0.15, 0.2) is 0 Å². The van der Waals surface area contributed by atoms with Crippen molar-refractivity contribution in [3.8, 4) is 11.4 Å². The van der Waals surface area contributed by atoms with Crippen LogP contribution in [0.4, 0.5) is 11.4 Å². The van der Waals surface area contributed by atoms with E-state index in [9.17, 15) is 9.59 Å². The van der Waals surface area contributed by atoms with Crippen molar-refractivity contribution >= 4 is 34.5 Å². The maximum Gasteiger partial charge on any atom is 0.337 e. The highest BCUT2D eigenvalue weighted by molar-refractivity contribution is 6.37. The minimum absolute atomic E-state index is 0.270. The number of aryl methyl sites for hydroxylation is 1. The van der Waals surface area contributed by atoms with Gasteiger partial charge in [-0.15, -0.1) is 0 Å². The molecule has 0 spiro atoms. The quantitative estimate of drug-likeness (QED) is 0.349. The molecule has 2 aromatic heterocycles. The monoisotopic (exact) mass is 451 g/mol. The number of fused-ring (bicyclic) bond motifs is 1. The fourth-order valence-corrected chi connectivity index (χ4v) is 3.95. The van der Waals surface area contributed by atoms with Gasteiger partial charge in [0.25, 0.3) is 5.91 Å². The molecular weight excluding hydrogens is 430 g/mol. The maximum atomic E-state index is 13.1. The van der Waals surface area contributed by atoms with Gasteiger partial charge in [0, 0.05) is 54.2 Å². The van der Waals surface area contributed by atoms with Crippen LogP contribution in [-0.2, 0) is 16.6 Å². The summed E-state index contributed by atoms with van der Waals surface area (Å²) in [5.74, 6) is 0.129. The van der Waals surface area contributed by atoms with Gasteiger partial charge in [-0.05, 0) is 48.5 Å². The lowest BCUT2D eigenvalue weighted by atomic mass is 9.99. The lowest BCUT2D eigenvalue weighted by molar-refractivity contribution is -0.110. The third-order valence-electron chi connectivity index (χ3n) is 5.62. The van der Waals surface area contributed by atoms with Crippen molar-refractivity contribution in [2.45, 2.75) is 0 Å². The first kappa shape index (κ1) is 21.1. The average molecular weight is 451 g/mol. The number of hydrogen-bond acceptors (Lipinski definition) is 6. The number of imidazole rings is 1. The van der Waals surface area contributed by atoms with Gasteiger partial charge < -0.3 is 19.9 Å². The van der Waals surface area contributed by atoms with Gasteiger partial charge in [-0.2, -0.15) is 0 Å². The van der Waals surface area contributed by atoms with Crippen molar-refractivity contribution in [1.82, 2.24) is 14.5 Å². The Labute approximate surface area is 195 Å². The van der Waals surface area contributed by atoms with Crippen molar-refractivity contribution in [2.75, 3.05) is 17.7 Å². The molecule has 0 saturated carbocycles. The topological polar surface area (TPSA) is 98.1 Å². The van der Waals surface area contributed by atoms with E-state index in [1.54, 1.807) is 36.8 Å². The van der Waals surface area contributed by atoms with E-state index in [1.807, 2.05) is 54.2 Å². The molecule has 0 aliphatic carbocycles. The zero-order chi connectivity index (χ0) is 23.7. The summed E-state index contributed by atoms with van der Waals surface area (Å²) < 4.78 is 6.75. The van der Waals surface area contributed by atoms with Gasteiger partial charge in [-0.3, -0.25) is 9.78 Å². The number of rotatable bonds is 5. The number of nitrogens with one attached hydrogen (secondary N) is 2.